The van der Waals surface area contributed by atoms with Gasteiger partial charge in [0, 0.05) is 11.1 Å². The van der Waals surface area contributed by atoms with E-state index in [2.05, 4.69) is 5.16 Å². The number of nitrogens with zero attached hydrogens (tertiary/aromatic N) is 1. The summed E-state index contributed by atoms with van der Waals surface area (Å²) in [5, 5.41) is 3.85. The summed E-state index contributed by atoms with van der Waals surface area (Å²) in [6.45, 7) is 1.76. The van der Waals surface area contributed by atoms with Gasteiger partial charge in [-0.3, -0.25) is 0 Å². The largest absolute Gasteiger partial charge is 0.367 e. The molecule has 0 unspecified atom stereocenters. The first-order chi connectivity index (χ1) is 10.1. The highest BCUT2D eigenvalue weighted by Gasteiger charge is 2.20. The van der Waals surface area contributed by atoms with Crippen LogP contribution in [0.5, 0.6) is 0 Å². The fourth-order valence-electron chi connectivity index (χ4n) is 2.30. The molecule has 5 heteroatoms. The van der Waals surface area contributed by atoms with Crippen LogP contribution < -0.4 is 5.73 Å². The second kappa shape index (κ2) is 5.01. The Bertz CT molecular complexity index is 792. The van der Waals surface area contributed by atoms with Gasteiger partial charge in [-0.05, 0) is 36.8 Å². The quantitative estimate of drug-likeness (QED) is 0.769. The van der Waals surface area contributed by atoms with Crippen LogP contribution in [-0.2, 0) is 0 Å². The van der Waals surface area contributed by atoms with Crippen molar-refractivity contribution in [1.29, 1.82) is 0 Å². The highest BCUT2D eigenvalue weighted by Crippen LogP contribution is 2.37. The molecular formula is C16H12F2N2O. The van der Waals surface area contributed by atoms with Crippen LogP contribution in [0.3, 0.4) is 0 Å². The third-order valence-electron chi connectivity index (χ3n) is 3.18. The predicted octanol–water partition coefficient (Wildman–Crippen LogP) is 4.18. The van der Waals surface area contributed by atoms with Crippen LogP contribution >= 0.6 is 0 Å². The van der Waals surface area contributed by atoms with Gasteiger partial charge in [-0.15, -0.1) is 0 Å². The molecule has 3 nitrogen and oxygen atoms in total. The Labute approximate surface area is 120 Å². The van der Waals surface area contributed by atoms with Gasteiger partial charge in [-0.1, -0.05) is 23.4 Å². The topological polar surface area (TPSA) is 52.0 Å². The van der Waals surface area contributed by atoms with Crippen molar-refractivity contribution in [2.45, 2.75) is 6.92 Å². The first kappa shape index (κ1) is 13.3. The number of nitrogens with two attached hydrogens (primary N) is 1. The zero-order valence-electron chi connectivity index (χ0n) is 11.2. The highest BCUT2D eigenvalue weighted by molar-refractivity contribution is 5.87. The van der Waals surface area contributed by atoms with E-state index in [1.807, 2.05) is 0 Å². The molecule has 21 heavy (non-hydrogen) atoms. The summed E-state index contributed by atoms with van der Waals surface area (Å²) in [6.07, 6.45) is 0. The third kappa shape index (κ3) is 2.38. The molecule has 0 aliphatic carbocycles. The van der Waals surface area contributed by atoms with Crippen molar-refractivity contribution in [3.05, 3.63) is 59.7 Å². The molecule has 2 N–H and O–H groups in total. The van der Waals surface area contributed by atoms with Crippen LogP contribution in [0, 0.1) is 18.6 Å². The molecule has 0 radical (unpaired) electrons. The average molecular weight is 286 g/mol. The van der Waals surface area contributed by atoms with Crippen molar-refractivity contribution in [2.24, 2.45) is 0 Å². The number of aryl methyl sites for hydroxylation is 1. The molecule has 0 atom stereocenters. The number of anilines is 1. The van der Waals surface area contributed by atoms with Gasteiger partial charge < -0.3 is 10.3 Å². The number of aromatic nitrogens is 1. The SMILES string of the molecule is Cc1cc(F)cc(-c2noc(N)c2-c2ccccc2F)c1. The molecule has 0 saturated heterocycles. The molecule has 0 aliphatic rings. The Hall–Kier alpha value is -2.69. The summed E-state index contributed by atoms with van der Waals surface area (Å²) < 4.78 is 32.5. The van der Waals surface area contributed by atoms with Gasteiger partial charge in [0.05, 0.1) is 5.56 Å². The lowest BCUT2D eigenvalue weighted by molar-refractivity contribution is 0.439. The number of rotatable bonds is 2. The van der Waals surface area contributed by atoms with Gasteiger partial charge in [0.1, 0.15) is 17.3 Å². The normalized spacial score (nSPS) is 10.8. The first-order valence-corrected chi connectivity index (χ1v) is 6.34. The molecule has 0 bridgehead atoms. The summed E-state index contributed by atoms with van der Waals surface area (Å²) in [5.74, 6) is -0.843. The monoisotopic (exact) mass is 286 g/mol. The second-order valence-electron chi connectivity index (χ2n) is 4.77. The van der Waals surface area contributed by atoms with E-state index >= 15 is 0 Å². The van der Waals surface area contributed by atoms with Gasteiger partial charge >= 0.3 is 0 Å². The molecule has 0 aliphatic heterocycles. The van der Waals surface area contributed by atoms with Crippen molar-refractivity contribution in [1.82, 2.24) is 5.16 Å². The Morgan fingerprint density at radius 2 is 1.86 bits per heavy atom. The van der Waals surface area contributed by atoms with Crippen LogP contribution in [-0.4, -0.2) is 5.16 Å². The van der Waals surface area contributed by atoms with E-state index in [-0.39, 0.29) is 11.4 Å². The summed E-state index contributed by atoms with van der Waals surface area (Å²) in [5.41, 5.74) is 7.91. The molecule has 3 rings (SSSR count). The molecule has 1 heterocycles. The molecule has 2 aromatic carbocycles. The molecule has 0 saturated carbocycles. The smallest absolute Gasteiger partial charge is 0.230 e. The standard InChI is InChI=1S/C16H12F2N2O/c1-9-6-10(8-11(17)7-9)15-14(16(19)21-20-15)12-4-2-3-5-13(12)18/h2-8H,19H2,1H3. The van der Waals surface area contributed by atoms with E-state index in [0.29, 0.717) is 16.8 Å². The second-order valence-corrected chi connectivity index (χ2v) is 4.77. The maximum atomic E-state index is 14.0. The fraction of sp³-hybridized carbons (Fsp3) is 0.0625. The number of hydrogen-bond donors (Lipinski definition) is 1. The lowest BCUT2D eigenvalue weighted by Crippen LogP contribution is -1.91. The first-order valence-electron chi connectivity index (χ1n) is 6.34. The van der Waals surface area contributed by atoms with E-state index in [0.717, 1.165) is 5.56 Å². The van der Waals surface area contributed by atoms with Crippen LogP contribution in [0.2, 0.25) is 0 Å². The Kier molecular flexibility index (Phi) is 3.17. The maximum Gasteiger partial charge on any atom is 0.230 e. The summed E-state index contributed by atoms with van der Waals surface area (Å²) in [7, 11) is 0. The van der Waals surface area contributed by atoms with Gasteiger partial charge in [0.25, 0.3) is 0 Å². The van der Waals surface area contributed by atoms with E-state index in [9.17, 15) is 8.78 Å². The molecule has 106 valence electrons. The lowest BCUT2D eigenvalue weighted by atomic mass is 9.99. The molecule has 0 spiro atoms. The lowest BCUT2D eigenvalue weighted by Gasteiger charge is -2.05. The van der Waals surface area contributed by atoms with Crippen LogP contribution in [0.4, 0.5) is 14.7 Å². The van der Waals surface area contributed by atoms with Crippen LogP contribution in [0.1, 0.15) is 5.56 Å². The van der Waals surface area contributed by atoms with E-state index < -0.39 is 11.6 Å². The third-order valence-corrected chi connectivity index (χ3v) is 3.18. The predicted molar refractivity (Wildman–Crippen MR) is 76.4 cm³/mol. The van der Waals surface area contributed by atoms with E-state index in [4.69, 9.17) is 10.3 Å². The maximum absolute atomic E-state index is 14.0. The van der Waals surface area contributed by atoms with Crippen molar-refractivity contribution >= 4 is 5.88 Å². The number of halogens is 2. The van der Waals surface area contributed by atoms with Gasteiger partial charge in [0.15, 0.2) is 0 Å². The van der Waals surface area contributed by atoms with Crippen molar-refractivity contribution < 1.29 is 13.3 Å². The van der Waals surface area contributed by atoms with Crippen molar-refractivity contribution in [2.75, 3.05) is 5.73 Å². The van der Waals surface area contributed by atoms with Crippen molar-refractivity contribution in [3.8, 4) is 22.4 Å². The molecular weight excluding hydrogens is 274 g/mol. The van der Waals surface area contributed by atoms with E-state index in [1.165, 1.54) is 18.2 Å². The fourth-order valence-corrected chi connectivity index (χ4v) is 2.30. The molecule has 1 aromatic heterocycles. The number of nitrogen functional groups attached to an aromatic ring is 1. The summed E-state index contributed by atoms with van der Waals surface area (Å²) in [4.78, 5) is 0. The Balaban J connectivity index is 2.24. The minimum atomic E-state index is -0.443. The number of benzene rings is 2. The van der Waals surface area contributed by atoms with E-state index in [1.54, 1.807) is 31.2 Å². The summed E-state index contributed by atoms with van der Waals surface area (Å²) in [6, 6.07) is 10.6. The zero-order chi connectivity index (χ0) is 15.0. The van der Waals surface area contributed by atoms with Gasteiger partial charge in [0.2, 0.25) is 5.88 Å². The minimum absolute atomic E-state index is 0.00276. The van der Waals surface area contributed by atoms with Crippen LogP contribution in [0.15, 0.2) is 47.0 Å². The average Bonchev–Trinajstić information content (AvgIpc) is 2.80. The molecule has 0 fully saturated rings. The molecule has 0 amide bonds. The zero-order valence-corrected chi connectivity index (χ0v) is 11.2. The minimum Gasteiger partial charge on any atom is -0.367 e. The summed E-state index contributed by atoms with van der Waals surface area (Å²) >= 11 is 0. The van der Waals surface area contributed by atoms with Gasteiger partial charge in [-0.25, -0.2) is 8.78 Å². The van der Waals surface area contributed by atoms with Crippen LogP contribution in [0.25, 0.3) is 22.4 Å². The Morgan fingerprint density at radius 1 is 1.10 bits per heavy atom. The van der Waals surface area contributed by atoms with Crippen molar-refractivity contribution in [3.63, 3.8) is 0 Å². The number of hydrogen-bond acceptors (Lipinski definition) is 3. The Morgan fingerprint density at radius 3 is 2.57 bits per heavy atom. The van der Waals surface area contributed by atoms with Gasteiger partial charge in [-0.2, -0.15) is 0 Å². The molecule has 3 aromatic rings. The highest BCUT2D eigenvalue weighted by atomic mass is 19.1.